The van der Waals surface area contributed by atoms with Gasteiger partial charge in [0.05, 0.1) is 14.2 Å². The van der Waals surface area contributed by atoms with Gasteiger partial charge in [0, 0.05) is 12.1 Å². The lowest BCUT2D eigenvalue weighted by Crippen LogP contribution is -2.06. The monoisotopic (exact) mass is 286 g/mol. The fraction of sp³-hybridized carbons (Fsp3) is 0.231. The number of methoxy groups -OCH3 is 2. The Labute approximate surface area is 120 Å². The highest BCUT2D eigenvalue weighted by Crippen LogP contribution is 2.24. The average Bonchev–Trinajstić information content (AvgIpc) is 3.00. The Kier molecular flexibility index (Phi) is 3.50. The Morgan fingerprint density at radius 1 is 1.14 bits per heavy atom. The Balaban J connectivity index is 1.80. The van der Waals surface area contributed by atoms with Crippen LogP contribution in [0.15, 0.2) is 30.3 Å². The summed E-state index contributed by atoms with van der Waals surface area (Å²) in [5, 5.41) is 18.6. The number of aromatic nitrogens is 5. The molecule has 0 radical (unpaired) electrons. The van der Waals surface area contributed by atoms with Gasteiger partial charge in [-0.1, -0.05) is 0 Å². The van der Waals surface area contributed by atoms with Gasteiger partial charge in [0.2, 0.25) is 0 Å². The van der Waals surface area contributed by atoms with Crippen molar-refractivity contribution in [1.82, 2.24) is 25.3 Å². The van der Waals surface area contributed by atoms with Crippen molar-refractivity contribution in [1.29, 1.82) is 0 Å². The Hall–Kier alpha value is -2.90. The first-order chi connectivity index (χ1) is 10.3. The Morgan fingerprint density at radius 2 is 2.05 bits per heavy atom. The number of nitrogens with zero attached hydrogens (tertiary/aromatic N) is 5. The average molecular weight is 286 g/mol. The minimum absolute atomic E-state index is 0.543. The second-order valence-electron chi connectivity index (χ2n) is 4.28. The zero-order chi connectivity index (χ0) is 14.7. The summed E-state index contributed by atoms with van der Waals surface area (Å²) in [5.74, 6) is 2.22. The molecule has 0 spiro atoms. The summed E-state index contributed by atoms with van der Waals surface area (Å²) in [7, 11) is 3.27. The van der Waals surface area contributed by atoms with Crippen molar-refractivity contribution in [2.45, 2.75) is 6.54 Å². The van der Waals surface area contributed by atoms with Gasteiger partial charge in [-0.05, 0) is 40.8 Å². The normalized spacial score (nSPS) is 10.6. The highest BCUT2D eigenvalue weighted by molar-refractivity contribution is 5.45. The van der Waals surface area contributed by atoms with Crippen LogP contribution in [0.1, 0.15) is 5.56 Å². The van der Waals surface area contributed by atoms with E-state index in [4.69, 9.17) is 9.47 Å². The topological polar surface area (TPSA) is 86.5 Å². The minimum atomic E-state index is 0.543. The van der Waals surface area contributed by atoms with Crippen molar-refractivity contribution in [3.63, 3.8) is 0 Å². The molecular formula is C13H14N6O2. The smallest absolute Gasteiger partial charge is 0.200 e. The second kappa shape index (κ2) is 5.61. The third kappa shape index (κ3) is 2.69. The summed E-state index contributed by atoms with van der Waals surface area (Å²) >= 11 is 0. The van der Waals surface area contributed by atoms with Gasteiger partial charge in [-0.25, -0.2) is 0 Å². The zero-order valence-electron chi connectivity index (χ0n) is 11.6. The van der Waals surface area contributed by atoms with E-state index in [9.17, 15) is 0 Å². The molecule has 3 rings (SSSR count). The molecule has 0 unspecified atom stereocenters. The molecule has 0 amide bonds. The number of benzene rings is 1. The first-order valence-corrected chi connectivity index (χ1v) is 6.30. The molecule has 0 fully saturated rings. The molecule has 0 aliphatic rings. The van der Waals surface area contributed by atoms with Gasteiger partial charge in [-0.3, -0.25) is 0 Å². The van der Waals surface area contributed by atoms with Gasteiger partial charge in [-0.2, -0.15) is 0 Å². The molecule has 8 nitrogen and oxygen atoms in total. The number of rotatable bonds is 5. The highest BCUT2D eigenvalue weighted by Gasteiger charge is 2.06. The SMILES string of the molecule is COc1ccc(OC)c(CNc2ccc3nnnn3n2)c1. The third-order valence-electron chi connectivity index (χ3n) is 3.02. The fourth-order valence-electron chi connectivity index (χ4n) is 1.95. The number of tetrazole rings is 1. The number of fused-ring (bicyclic) bond motifs is 1. The molecule has 0 saturated heterocycles. The molecule has 21 heavy (non-hydrogen) atoms. The minimum Gasteiger partial charge on any atom is -0.497 e. The summed E-state index contributed by atoms with van der Waals surface area (Å²) < 4.78 is 11.9. The van der Waals surface area contributed by atoms with E-state index < -0.39 is 0 Å². The van der Waals surface area contributed by atoms with Crippen LogP contribution in [0.2, 0.25) is 0 Å². The van der Waals surface area contributed by atoms with E-state index in [-0.39, 0.29) is 0 Å². The summed E-state index contributed by atoms with van der Waals surface area (Å²) in [4.78, 5) is 0. The lowest BCUT2D eigenvalue weighted by atomic mass is 10.2. The largest absolute Gasteiger partial charge is 0.497 e. The van der Waals surface area contributed by atoms with Gasteiger partial charge < -0.3 is 14.8 Å². The van der Waals surface area contributed by atoms with Crippen LogP contribution < -0.4 is 14.8 Å². The van der Waals surface area contributed by atoms with Crippen LogP contribution in [0.25, 0.3) is 5.65 Å². The predicted molar refractivity (Wildman–Crippen MR) is 75.4 cm³/mol. The lowest BCUT2D eigenvalue weighted by molar-refractivity contribution is 0.399. The molecule has 1 aromatic carbocycles. The van der Waals surface area contributed by atoms with Crippen molar-refractivity contribution in [2.75, 3.05) is 19.5 Å². The second-order valence-corrected chi connectivity index (χ2v) is 4.28. The molecular weight excluding hydrogens is 272 g/mol. The van der Waals surface area contributed by atoms with Gasteiger partial charge in [0.25, 0.3) is 0 Å². The summed E-state index contributed by atoms with van der Waals surface area (Å²) in [6.45, 7) is 0.543. The predicted octanol–water partition coefficient (Wildman–Crippen LogP) is 1.15. The van der Waals surface area contributed by atoms with E-state index >= 15 is 0 Å². The molecule has 0 atom stereocenters. The number of nitrogens with one attached hydrogen (secondary N) is 1. The quantitative estimate of drug-likeness (QED) is 0.752. The van der Waals surface area contributed by atoms with Gasteiger partial charge in [0.15, 0.2) is 5.65 Å². The number of ether oxygens (including phenoxy) is 2. The summed E-state index contributed by atoms with van der Waals surface area (Å²) in [6, 6.07) is 9.25. The van der Waals surface area contributed by atoms with E-state index in [0.717, 1.165) is 17.1 Å². The summed E-state index contributed by atoms with van der Waals surface area (Å²) in [6.07, 6.45) is 0. The van der Waals surface area contributed by atoms with E-state index in [1.54, 1.807) is 20.3 Å². The van der Waals surface area contributed by atoms with Crippen molar-refractivity contribution in [3.05, 3.63) is 35.9 Å². The van der Waals surface area contributed by atoms with E-state index in [1.165, 1.54) is 4.63 Å². The molecule has 3 aromatic rings. The van der Waals surface area contributed by atoms with Gasteiger partial charge in [-0.15, -0.1) is 14.8 Å². The molecule has 1 N–H and O–H groups in total. The van der Waals surface area contributed by atoms with Crippen LogP contribution in [-0.2, 0) is 6.54 Å². The molecule has 0 aliphatic carbocycles. The van der Waals surface area contributed by atoms with Crippen LogP contribution >= 0.6 is 0 Å². The zero-order valence-corrected chi connectivity index (χ0v) is 11.6. The Morgan fingerprint density at radius 3 is 2.86 bits per heavy atom. The van der Waals surface area contributed by atoms with E-state index in [1.807, 2.05) is 24.3 Å². The van der Waals surface area contributed by atoms with Crippen LogP contribution in [-0.4, -0.2) is 39.5 Å². The fourth-order valence-corrected chi connectivity index (χ4v) is 1.95. The molecule has 8 heteroatoms. The first-order valence-electron chi connectivity index (χ1n) is 6.30. The van der Waals surface area contributed by atoms with Crippen LogP contribution in [0.3, 0.4) is 0 Å². The first kappa shape index (κ1) is 13.1. The van der Waals surface area contributed by atoms with Crippen molar-refractivity contribution < 1.29 is 9.47 Å². The van der Waals surface area contributed by atoms with Crippen molar-refractivity contribution >= 4 is 11.5 Å². The molecule has 108 valence electrons. The number of anilines is 1. The Bertz CT molecular complexity index is 757. The van der Waals surface area contributed by atoms with Crippen LogP contribution in [0.4, 0.5) is 5.82 Å². The number of hydrogen-bond donors (Lipinski definition) is 1. The summed E-state index contributed by atoms with van der Waals surface area (Å²) in [5.41, 5.74) is 1.56. The van der Waals surface area contributed by atoms with Gasteiger partial charge >= 0.3 is 0 Å². The van der Waals surface area contributed by atoms with Crippen molar-refractivity contribution in [3.8, 4) is 11.5 Å². The standard InChI is InChI=1S/C13H14N6O2/c1-20-10-3-4-11(21-2)9(7-10)8-14-12-5-6-13-15-17-18-19(13)16-12/h3-7H,8H2,1-2H3,(H,14,16). The molecule has 2 aromatic heterocycles. The molecule has 0 saturated carbocycles. The third-order valence-corrected chi connectivity index (χ3v) is 3.02. The van der Waals surface area contributed by atoms with Gasteiger partial charge in [0.1, 0.15) is 17.3 Å². The molecule has 2 heterocycles. The highest BCUT2D eigenvalue weighted by atomic mass is 16.5. The maximum absolute atomic E-state index is 5.34. The van der Waals surface area contributed by atoms with E-state index in [2.05, 4.69) is 25.9 Å². The lowest BCUT2D eigenvalue weighted by Gasteiger charge is -2.11. The van der Waals surface area contributed by atoms with Crippen LogP contribution in [0.5, 0.6) is 11.5 Å². The van der Waals surface area contributed by atoms with E-state index in [0.29, 0.717) is 18.0 Å². The maximum atomic E-state index is 5.34. The molecule has 0 aliphatic heterocycles. The molecule has 0 bridgehead atoms. The van der Waals surface area contributed by atoms with Crippen molar-refractivity contribution in [2.24, 2.45) is 0 Å². The van der Waals surface area contributed by atoms with Crippen LogP contribution in [0, 0.1) is 0 Å². The number of hydrogen-bond acceptors (Lipinski definition) is 7. The maximum Gasteiger partial charge on any atom is 0.200 e.